The first-order valence-corrected chi connectivity index (χ1v) is 5.86. The van der Waals surface area contributed by atoms with Crippen LogP contribution in [0.15, 0.2) is 5.16 Å². The predicted molar refractivity (Wildman–Crippen MR) is 57.6 cm³/mol. The van der Waals surface area contributed by atoms with Crippen molar-refractivity contribution in [2.24, 2.45) is 0 Å². The van der Waals surface area contributed by atoms with E-state index in [2.05, 4.69) is 30.3 Å². The lowest BCUT2D eigenvalue weighted by molar-refractivity contribution is 0.266. The van der Waals surface area contributed by atoms with Crippen molar-refractivity contribution in [2.75, 3.05) is 5.75 Å². The second-order valence-corrected chi connectivity index (χ2v) is 5.66. The van der Waals surface area contributed by atoms with Crippen LogP contribution in [0.1, 0.15) is 32.2 Å². The summed E-state index contributed by atoms with van der Waals surface area (Å²) in [4.78, 5) is 4.60. The summed E-state index contributed by atoms with van der Waals surface area (Å²) in [5.41, 5.74) is 2.07. The fourth-order valence-electron chi connectivity index (χ4n) is 1.79. The number of rotatable bonds is 1. The molecule has 1 aliphatic rings. The first-order valence-electron chi connectivity index (χ1n) is 4.87. The van der Waals surface area contributed by atoms with Gasteiger partial charge in [0, 0.05) is 17.7 Å². The topological polar surface area (TPSA) is 38.0 Å². The van der Waals surface area contributed by atoms with Gasteiger partial charge >= 0.3 is 0 Å². The summed E-state index contributed by atoms with van der Waals surface area (Å²) in [7, 11) is 0. The number of aliphatic hydroxyl groups is 1. The third kappa shape index (κ3) is 1.46. The zero-order valence-corrected chi connectivity index (χ0v) is 9.69. The molecule has 0 aromatic carbocycles. The molecule has 4 heteroatoms. The molecular weight excluding hydrogens is 196 g/mol. The van der Waals surface area contributed by atoms with Crippen LogP contribution in [0.5, 0.6) is 0 Å². The van der Waals surface area contributed by atoms with Gasteiger partial charge in [0.05, 0.1) is 18.0 Å². The first-order chi connectivity index (χ1) is 6.54. The van der Waals surface area contributed by atoms with Crippen molar-refractivity contribution in [3.63, 3.8) is 0 Å². The molecule has 2 heterocycles. The van der Waals surface area contributed by atoms with E-state index in [0.717, 1.165) is 28.8 Å². The van der Waals surface area contributed by atoms with Crippen molar-refractivity contribution in [1.29, 1.82) is 0 Å². The van der Waals surface area contributed by atoms with Crippen LogP contribution < -0.4 is 0 Å². The van der Waals surface area contributed by atoms with Crippen molar-refractivity contribution in [2.45, 2.75) is 44.5 Å². The average Bonchev–Trinajstić information content (AvgIpc) is 2.58. The second-order valence-electron chi connectivity index (χ2n) is 4.60. The normalized spacial score (nSPS) is 16.0. The summed E-state index contributed by atoms with van der Waals surface area (Å²) in [6.07, 6.45) is 0. The number of thioether (sulfide) groups is 1. The summed E-state index contributed by atoms with van der Waals surface area (Å²) < 4.78 is 2.14. The molecule has 78 valence electrons. The maximum Gasteiger partial charge on any atom is 0.168 e. The number of aliphatic hydroxyl groups excluding tert-OH is 1. The SMILES string of the molecule is CC(C)(C)c1nc2n(c1CO)CCS2. The molecule has 0 aliphatic carbocycles. The monoisotopic (exact) mass is 212 g/mol. The molecule has 0 unspecified atom stereocenters. The van der Waals surface area contributed by atoms with E-state index in [-0.39, 0.29) is 12.0 Å². The minimum atomic E-state index is 0.0238. The Morgan fingerprint density at radius 2 is 2.21 bits per heavy atom. The Hall–Kier alpha value is -0.480. The molecule has 1 aromatic heterocycles. The van der Waals surface area contributed by atoms with E-state index in [9.17, 15) is 5.11 Å². The highest BCUT2D eigenvalue weighted by molar-refractivity contribution is 7.99. The minimum Gasteiger partial charge on any atom is -0.390 e. The molecule has 0 amide bonds. The highest BCUT2D eigenvalue weighted by atomic mass is 32.2. The Morgan fingerprint density at radius 3 is 2.79 bits per heavy atom. The smallest absolute Gasteiger partial charge is 0.168 e. The Morgan fingerprint density at radius 1 is 1.50 bits per heavy atom. The zero-order chi connectivity index (χ0) is 10.3. The molecule has 2 rings (SSSR count). The van der Waals surface area contributed by atoms with Gasteiger partial charge in [0.15, 0.2) is 5.16 Å². The summed E-state index contributed by atoms with van der Waals surface area (Å²) in [6.45, 7) is 7.48. The van der Waals surface area contributed by atoms with Gasteiger partial charge in [-0.15, -0.1) is 0 Å². The van der Waals surface area contributed by atoms with Crippen molar-refractivity contribution in [3.8, 4) is 0 Å². The van der Waals surface area contributed by atoms with Gasteiger partial charge in [-0.05, 0) is 0 Å². The Kier molecular flexibility index (Phi) is 2.35. The fourth-order valence-corrected chi connectivity index (χ4v) is 2.76. The number of hydrogen-bond acceptors (Lipinski definition) is 3. The standard InChI is InChI=1S/C10H16N2OS/c1-10(2,3)8-7(6-13)12-4-5-14-9(12)11-8/h13H,4-6H2,1-3H3. The van der Waals surface area contributed by atoms with Crippen molar-refractivity contribution < 1.29 is 5.11 Å². The highest BCUT2D eigenvalue weighted by Crippen LogP contribution is 2.33. The molecule has 1 aromatic rings. The van der Waals surface area contributed by atoms with Crippen molar-refractivity contribution >= 4 is 11.8 Å². The maximum absolute atomic E-state index is 9.36. The lowest BCUT2D eigenvalue weighted by Crippen LogP contribution is -2.16. The molecule has 0 bridgehead atoms. The van der Waals surface area contributed by atoms with Gasteiger partial charge in [-0.25, -0.2) is 4.98 Å². The number of imidazole rings is 1. The van der Waals surface area contributed by atoms with Crippen LogP contribution in [0.3, 0.4) is 0 Å². The lowest BCUT2D eigenvalue weighted by atomic mass is 9.91. The van der Waals surface area contributed by atoms with Gasteiger partial charge in [-0.2, -0.15) is 0 Å². The fraction of sp³-hybridized carbons (Fsp3) is 0.700. The Bertz CT molecular complexity index is 352. The molecule has 0 radical (unpaired) electrons. The molecule has 1 aliphatic heterocycles. The third-order valence-corrected chi connectivity index (χ3v) is 3.40. The van der Waals surface area contributed by atoms with Crippen LogP contribution in [-0.2, 0) is 18.6 Å². The van der Waals surface area contributed by atoms with Crippen LogP contribution in [0.4, 0.5) is 0 Å². The molecule has 14 heavy (non-hydrogen) atoms. The van der Waals surface area contributed by atoms with E-state index >= 15 is 0 Å². The van der Waals surface area contributed by atoms with Crippen LogP contribution in [-0.4, -0.2) is 20.4 Å². The number of nitrogens with zero attached hydrogens (tertiary/aromatic N) is 2. The lowest BCUT2D eigenvalue weighted by Gasteiger charge is -2.17. The molecule has 3 nitrogen and oxygen atoms in total. The summed E-state index contributed by atoms with van der Waals surface area (Å²) in [5.74, 6) is 1.08. The van der Waals surface area contributed by atoms with Gasteiger partial charge in [-0.1, -0.05) is 32.5 Å². The van der Waals surface area contributed by atoms with Gasteiger partial charge in [0.1, 0.15) is 0 Å². The average molecular weight is 212 g/mol. The summed E-state index contributed by atoms with van der Waals surface area (Å²) in [6, 6.07) is 0. The maximum atomic E-state index is 9.36. The molecule has 1 N–H and O–H groups in total. The van der Waals surface area contributed by atoms with E-state index in [0.29, 0.717) is 0 Å². The highest BCUT2D eigenvalue weighted by Gasteiger charge is 2.27. The predicted octanol–water partition coefficient (Wildman–Crippen LogP) is 1.78. The second kappa shape index (κ2) is 3.28. The number of fused-ring (bicyclic) bond motifs is 1. The number of hydrogen-bond donors (Lipinski definition) is 1. The zero-order valence-electron chi connectivity index (χ0n) is 8.87. The van der Waals surface area contributed by atoms with Crippen LogP contribution in [0.25, 0.3) is 0 Å². The van der Waals surface area contributed by atoms with Crippen molar-refractivity contribution in [1.82, 2.24) is 9.55 Å². The molecular formula is C10H16N2OS. The summed E-state index contributed by atoms with van der Waals surface area (Å²) in [5, 5.41) is 10.4. The first kappa shape index (κ1) is 10.1. The van der Waals surface area contributed by atoms with Crippen LogP contribution >= 0.6 is 11.8 Å². The van der Waals surface area contributed by atoms with Crippen molar-refractivity contribution in [3.05, 3.63) is 11.4 Å². The van der Waals surface area contributed by atoms with E-state index in [1.165, 1.54) is 0 Å². The molecule has 0 saturated carbocycles. The van der Waals surface area contributed by atoms with Gasteiger partial charge in [-0.3, -0.25) is 0 Å². The Labute approximate surface area is 88.5 Å². The van der Waals surface area contributed by atoms with Gasteiger partial charge in [0.2, 0.25) is 0 Å². The minimum absolute atomic E-state index is 0.0238. The molecule has 0 spiro atoms. The third-order valence-electron chi connectivity index (χ3n) is 2.44. The van der Waals surface area contributed by atoms with E-state index < -0.39 is 0 Å². The Balaban J connectivity index is 2.52. The van der Waals surface area contributed by atoms with E-state index in [1.54, 1.807) is 11.8 Å². The molecule has 0 saturated heterocycles. The molecule has 0 fully saturated rings. The number of aromatic nitrogens is 2. The van der Waals surface area contributed by atoms with Gasteiger partial charge < -0.3 is 9.67 Å². The largest absolute Gasteiger partial charge is 0.390 e. The quantitative estimate of drug-likeness (QED) is 0.771. The molecule has 0 atom stereocenters. The van der Waals surface area contributed by atoms with Crippen LogP contribution in [0.2, 0.25) is 0 Å². The van der Waals surface area contributed by atoms with E-state index in [1.807, 2.05) is 0 Å². The van der Waals surface area contributed by atoms with Gasteiger partial charge in [0.25, 0.3) is 0 Å². The van der Waals surface area contributed by atoms with Crippen LogP contribution in [0, 0.1) is 0 Å². The summed E-state index contributed by atoms with van der Waals surface area (Å²) >= 11 is 1.78. The van der Waals surface area contributed by atoms with E-state index in [4.69, 9.17) is 0 Å².